The Bertz CT molecular complexity index is 1700. The van der Waals surface area contributed by atoms with E-state index in [9.17, 15) is 22.9 Å². The first kappa shape index (κ1) is 29.9. The summed E-state index contributed by atoms with van der Waals surface area (Å²) in [6.45, 7) is 1.54. The van der Waals surface area contributed by atoms with E-state index in [1.807, 2.05) is 0 Å². The number of carbonyl (C=O) groups is 1. The van der Waals surface area contributed by atoms with Crippen LogP contribution in [0.2, 0.25) is 10.0 Å². The third-order valence-electron chi connectivity index (χ3n) is 5.43. The van der Waals surface area contributed by atoms with E-state index in [2.05, 4.69) is 15.5 Å². The number of ether oxygens (including phenoxy) is 1. The fourth-order valence-corrected chi connectivity index (χ4v) is 4.97. The number of methoxy groups -OCH3 is 1. The molecule has 0 fully saturated rings. The number of azo groups is 1. The zero-order valence-corrected chi connectivity index (χ0v) is 24.6. The van der Waals surface area contributed by atoms with Gasteiger partial charge < -0.3 is 15.2 Å². The molecule has 0 spiro atoms. The van der Waals surface area contributed by atoms with Gasteiger partial charge in [0.15, 0.2) is 5.75 Å². The Morgan fingerprint density at radius 1 is 1.03 bits per heavy atom. The Hall–Kier alpha value is -2.70. The minimum Gasteiger partial charge on any atom is -0.870 e. The Kier molecular flexibility index (Phi) is 9.43. The van der Waals surface area contributed by atoms with Crippen LogP contribution in [0.25, 0.3) is 10.8 Å². The maximum Gasteiger partial charge on any atom is 1.00 e. The molecule has 9 nitrogen and oxygen atoms in total. The van der Waals surface area contributed by atoms with E-state index in [0.717, 1.165) is 6.07 Å². The summed E-state index contributed by atoms with van der Waals surface area (Å²) in [6, 6.07) is 15.4. The SMILES string of the molecule is COc1c(Cl)cccc1NC(=O)c1cc2ccccc2c(N=Nc2cc(Cl)c(S(=O)(=O)O)cc2C)c1[O-].[Na+]. The van der Waals surface area contributed by atoms with Gasteiger partial charge in [0, 0.05) is 10.9 Å². The van der Waals surface area contributed by atoms with Crippen molar-refractivity contribution in [2.75, 3.05) is 12.4 Å². The number of hydrogen-bond acceptors (Lipinski definition) is 7. The average Bonchev–Trinajstić information content (AvgIpc) is 2.84. The van der Waals surface area contributed by atoms with Gasteiger partial charge in [0.05, 0.1) is 34.2 Å². The molecule has 0 radical (unpaired) electrons. The van der Waals surface area contributed by atoms with Gasteiger partial charge in [0.25, 0.3) is 16.0 Å². The Morgan fingerprint density at radius 2 is 1.74 bits per heavy atom. The van der Waals surface area contributed by atoms with Crippen molar-refractivity contribution in [1.29, 1.82) is 0 Å². The summed E-state index contributed by atoms with van der Waals surface area (Å²) in [5.74, 6) is -1.14. The van der Waals surface area contributed by atoms with E-state index in [0.29, 0.717) is 16.3 Å². The van der Waals surface area contributed by atoms with Crippen LogP contribution in [0.3, 0.4) is 0 Å². The van der Waals surface area contributed by atoms with Gasteiger partial charge in [0.2, 0.25) is 0 Å². The number of nitrogens with one attached hydrogen (secondary N) is 1. The van der Waals surface area contributed by atoms with E-state index in [1.54, 1.807) is 42.5 Å². The molecule has 4 aromatic carbocycles. The quantitative estimate of drug-likeness (QED) is 0.203. The monoisotopic (exact) mass is 581 g/mol. The van der Waals surface area contributed by atoms with E-state index in [4.69, 9.17) is 27.9 Å². The van der Waals surface area contributed by atoms with Crippen molar-refractivity contribution < 1.29 is 57.2 Å². The van der Waals surface area contributed by atoms with Gasteiger partial charge in [-0.3, -0.25) is 9.35 Å². The summed E-state index contributed by atoms with van der Waals surface area (Å²) in [4.78, 5) is 12.7. The van der Waals surface area contributed by atoms with E-state index in [1.165, 1.54) is 26.2 Å². The number of carbonyl (C=O) groups excluding carboxylic acids is 1. The molecule has 0 aliphatic rings. The molecule has 1 amide bonds. The van der Waals surface area contributed by atoms with Crippen molar-refractivity contribution in [3.05, 3.63) is 81.8 Å². The number of nitrogens with zero attached hydrogens (tertiary/aromatic N) is 2. The molecule has 0 aromatic heterocycles. The van der Waals surface area contributed by atoms with Gasteiger partial charge in [-0.1, -0.05) is 59.3 Å². The van der Waals surface area contributed by atoms with Crippen molar-refractivity contribution in [2.24, 2.45) is 10.2 Å². The summed E-state index contributed by atoms with van der Waals surface area (Å²) in [5.41, 5.74) is 0.487. The van der Waals surface area contributed by atoms with Gasteiger partial charge >= 0.3 is 29.6 Å². The molecular weight excluding hydrogens is 564 g/mol. The van der Waals surface area contributed by atoms with Gasteiger partial charge in [-0.2, -0.15) is 18.6 Å². The number of halogens is 2. The summed E-state index contributed by atoms with van der Waals surface area (Å²) in [5, 5.41) is 25.3. The van der Waals surface area contributed by atoms with Crippen LogP contribution in [0.15, 0.2) is 75.8 Å². The number of fused-ring (bicyclic) bond motifs is 1. The van der Waals surface area contributed by atoms with Crippen molar-refractivity contribution >= 4 is 67.1 Å². The standard InChI is InChI=1S/C25H19Cl2N3O6S.Na/c1-13-10-21(37(33,34)35)18(27)12-20(13)29-30-22-15-7-4-3-6-14(15)11-16(23(22)31)25(32)28-19-9-5-8-17(26)24(19)36-2;/h3-12,31H,1-2H3,(H,28,32)(H,33,34,35);/q;+1/p-1. The second kappa shape index (κ2) is 12.0. The minimum atomic E-state index is -4.54. The third kappa shape index (κ3) is 6.13. The van der Waals surface area contributed by atoms with Crippen LogP contribution in [-0.2, 0) is 10.1 Å². The molecule has 0 saturated carbocycles. The van der Waals surface area contributed by atoms with Crippen LogP contribution in [-0.4, -0.2) is 26.0 Å². The van der Waals surface area contributed by atoms with Crippen LogP contribution in [0.1, 0.15) is 15.9 Å². The Balaban J connectivity index is 0.00000400. The molecule has 0 saturated heterocycles. The van der Waals surface area contributed by atoms with Crippen LogP contribution in [0.5, 0.6) is 11.5 Å². The first-order valence-corrected chi connectivity index (χ1v) is 12.8. The molecular formula is C25H18Cl2N3NaO6S. The minimum absolute atomic E-state index is 0. The van der Waals surface area contributed by atoms with E-state index >= 15 is 0 Å². The van der Waals surface area contributed by atoms with Crippen LogP contribution in [0, 0.1) is 6.92 Å². The molecule has 4 aromatic rings. The fraction of sp³-hybridized carbons (Fsp3) is 0.0800. The maximum atomic E-state index is 13.4. The van der Waals surface area contributed by atoms with E-state index < -0.39 is 26.7 Å². The topological polar surface area (TPSA) is 140 Å². The molecule has 0 aliphatic heterocycles. The second-order valence-electron chi connectivity index (χ2n) is 7.84. The summed E-state index contributed by atoms with van der Waals surface area (Å²) >= 11 is 12.1. The number of hydrogen-bond donors (Lipinski definition) is 2. The Labute approximate surface area is 250 Å². The summed E-state index contributed by atoms with van der Waals surface area (Å²) in [7, 11) is -3.14. The van der Waals surface area contributed by atoms with Crippen molar-refractivity contribution in [3.8, 4) is 11.5 Å². The third-order valence-corrected chi connectivity index (χ3v) is 7.04. The normalized spacial score (nSPS) is 11.4. The van der Waals surface area contributed by atoms with E-state index in [-0.39, 0.29) is 68.0 Å². The number of para-hydroxylation sites is 1. The number of benzene rings is 4. The largest absolute Gasteiger partial charge is 1.00 e. The number of rotatable bonds is 6. The molecule has 0 aliphatic carbocycles. The molecule has 13 heteroatoms. The number of amides is 1. The smallest absolute Gasteiger partial charge is 0.870 e. The van der Waals surface area contributed by atoms with Crippen LogP contribution < -0.4 is 44.7 Å². The molecule has 38 heavy (non-hydrogen) atoms. The zero-order chi connectivity index (χ0) is 26.9. The molecule has 2 N–H and O–H groups in total. The first-order valence-electron chi connectivity index (χ1n) is 10.6. The molecule has 0 atom stereocenters. The van der Waals surface area contributed by atoms with Crippen LogP contribution >= 0.6 is 23.2 Å². The molecule has 0 unspecified atom stereocenters. The van der Waals surface area contributed by atoms with Crippen LogP contribution in [0.4, 0.5) is 17.1 Å². The number of anilines is 1. The van der Waals surface area contributed by atoms with Crippen molar-refractivity contribution in [3.63, 3.8) is 0 Å². The van der Waals surface area contributed by atoms with Gasteiger partial charge in [0.1, 0.15) is 4.90 Å². The first-order chi connectivity index (χ1) is 17.5. The summed E-state index contributed by atoms with van der Waals surface area (Å²) < 4.78 is 37.6. The molecule has 0 bridgehead atoms. The Morgan fingerprint density at radius 3 is 2.42 bits per heavy atom. The predicted octanol–water partition coefficient (Wildman–Crippen LogP) is 3.46. The summed E-state index contributed by atoms with van der Waals surface area (Å²) in [6.07, 6.45) is 0. The maximum absolute atomic E-state index is 13.4. The molecule has 4 rings (SSSR count). The zero-order valence-electron chi connectivity index (χ0n) is 20.3. The second-order valence-corrected chi connectivity index (χ2v) is 10.0. The molecule has 190 valence electrons. The predicted molar refractivity (Wildman–Crippen MR) is 140 cm³/mol. The van der Waals surface area contributed by atoms with Gasteiger partial charge in [-0.25, -0.2) is 0 Å². The average molecular weight is 582 g/mol. The van der Waals surface area contributed by atoms with Gasteiger partial charge in [-0.15, -0.1) is 0 Å². The van der Waals surface area contributed by atoms with Gasteiger partial charge in [-0.05, 0) is 48.2 Å². The number of aryl methyl sites for hydroxylation is 1. The van der Waals surface area contributed by atoms with Crippen molar-refractivity contribution in [1.82, 2.24) is 0 Å². The van der Waals surface area contributed by atoms with Crippen molar-refractivity contribution in [2.45, 2.75) is 11.8 Å². The molecule has 0 heterocycles. The fourth-order valence-electron chi connectivity index (χ4n) is 3.64.